The zero-order valence-electron chi connectivity index (χ0n) is 47.3. The molecule has 0 bridgehead atoms. The molecular formula is C59H118N14. The third-order valence-corrected chi connectivity index (χ3v) is 7.93. The van der Waals surface area contributed by atoms with Crippen molar-refractivity contribution in [1.82, 2.24) is 68.9 Å². The minimum atomic E-state index is 0. The molecule has 73 heavy (non-hydrogen) atoms. The van der Waals surface area contributed by atoms with Crippen LogP contribution in [0.2, 0.25) is 0 Å². The molecule has 2 aromatic carbocycles. The van der Waals surface area contributed by atoms with Gasteiger partial charge in [-0.2, -0.15) is 30.3 Å². The fourth-order valence-electron chi connectivity index (χ4n) is 4.72. The number of hydrogen-bond donors (Lipinski definition) is 0. The normalized spacial score (nSPS) is 8.74. The molecule has 0 spiro atoms. The topological polar surface area (TPSA) is 133 Å². The van der Waals surface area contributed by atoms with Gasteiger partial charge in [0.05, 0.1) is 11.6 Å². The van der Waals surface area contributed by atoms with Gasteiger partial charge in [-0.05, 0) is 132 Å². The number of hydrogen-bond acceptors (Lipinski definition) is 8. The molecule has 0 N–H and O–H groups in total. The van der Waals surface area contributed by atoms with Crippen LogP contribution in [0.15, 0.2) is 123 Å². The van der Waals surface area contributed by atoms with Gasteiger partial charge in [0, 0.05) is 67.4 Å². The largest absolute Gasteiger partial charge is 0.352 e. The maximum atomic E-state index is 4.32. The molecule has 14 heteroatoms. The van der Waals surface area contributed by atoms with Crippen molar-refractivity contribution < 1.29 is 0 Å². The highest BCUT2D eigenvalue weighted by Crippen LogP contribution is 2.14. The lowest BCUT2D eigenvalue weighted by Gasteiger charge is -2.03. The van der Waals surface area contributed by atoms with E-state index >= 15 is 0 Å². The van der Waals surface area contributed by atoms with Gasteiger partial charge in [-0.15, -0.1) is 5.10 Å². The Labute approximate surface area is 451 Å². The molecule has 0 aliphatic heterocycles. The summed E-state index contributed by atoms with van der Waals surface area (Å²) in [7, 11) is 0. The first kappa shape index (κ1) is 86.8. The quantitative estimate of drug-likeness (QED) is 0.161. The lowest BCUT2D eigenvalue weighted by Crippen LogP contribution is -2.03. The number of nitrogens with zero attached hydrogens (tertiary/aromatic N) is 14. The number of aromatic nitrogens is 14. The minimum Gasteiger partial charge on any atom is -0.352 e. The summed E-state index contributed by atoms with van der Waals surface area (Å²) in [5, 5.41) is 28.7. The predicted molar refractivity (Wildman–Crippen MR) is 328 cm³/mol. The Hall–Kier alpha value is -5.92. The third kappa shape index (κ3) is 37.5. The van der Waals surface area contributed by atoms with Gasteiger partial charge in [-0.1, -0.05) is 150 Å². The second-order valence-electron chi connectivity index (χ2n) is 14.6. The van der Waals surface area contributed by atoms with Crippen LogP contribution < -0.4 is 0 Å². The smallest absolute Gasteiger partial charge is 0.137 e. The Bertz CT molecular complexity index is 1930. The minimum absolute atomic E-state index is 0. The SMILES string of the molecule is C.C.C.C.C.CC.CC.CC.CC.CC.CC.CC(C)n1cccc1.CC(C)n1cccn1.CC(C)n1cccn1.CC(C)n1cncn1.CC(C)n1nc2ccccc2n1.CC(C)n1nnc2ccccc21. The van der Waals surface area contributed by atoms with Crippen molar-refractivity contribution >= 4 is 22.1 Å². The average molecular weight is 1020 g/mol. The van der Waals surface area contributed by atoms with Crippen LogP contribution in [0.5, 0.6) is 0 Å². The second-order valence-corrected chi connectivity index (χ2v) is 14.6. The molecule has 0 aliphatic carbocycles. The van der Waals surface area contributed by atoms with Crippen LogP contribution in [0.4, 0.5) is 0 Å². The highest BCUT2D eigenvalue weighted by Gasteiger charge is 2.05. The second kappa shape index (κ2) is 57.0. The van der Waals surface area contributed by atoms with Crippen LogP contribution >= 0.6 is 0 Å². The maximum Gasteiger partial charge on any atom is 0.137 e. The van der Waals surface area contributed by atoms with E-state index in [9.17, 15) is 0 Å². The van der Waals surface area contributed by atoms with Crippen molar-refractivity contribution in [1.29, 1.82) is 0 Å². The lowest BCUT2D eigenvalue weighted by molar-refractivity contribution is 0.472. The van der Waals surface area contributed by atoms with Crippen molar-refractivity contribution in [2.24, 2.45) is 0 Å². The molecule has 6 aromatic heterocycles. The zero-order valence-corrected chi connectivity index (χ0v) is 47.3. The molecule has 8 aromatic rings. The van der Waals surface area contributed by atoms with Gasteiger partial charge in [-0.25, -0.2) is 9.67 Å². The maximum absolute atomic E-state index is 4.32. The summed E-state index contributed by atoms with van der Waals surface area (Å²) >= 11 is 0. The molecule has 6 heterocycles. The fourth-order valence-corrected chi connectivity index (χ4v) is 4.72. The monoisotopic (exact) mass is 1020 g/mol. The van der Waals surface area contributed by atoms with Gasteiger partial charge in [0.1, 0.15) is 29.2 Å². The van der Waals surface area contributed by atoms with Gasteiger partial charge in [-0.3, -0.25) is 14.0 Å². The molecule has 0 saturated carbocycles. The van der Waals surface area contributed by atoms with E-state index in [1.54, 1.807) is 34.5 Å². The van der Waals surface area contributed by atoms with Crippen LogP contribution in [0.3, 0.4) is 0 Å². The fraction of sp³-hybridized carbons (Fsp3) is 0.593. The highest BCUT2D eigenvalue weighted by atomic mass is 15.5. The predicted octanol–water partition coefficient (Wildman–Crippen LogP) is 19.2. The van der Waals surface area contributed by atoms with E-state index in [0.717, 1.165) is 22.1 Å². The van der Waals surface area contributed by atoms with Crippen LogP contribution in [-0.2, 0) is 0 Å². The third-order valence-electron chi connectivity index (χ3n) is 7.93. The molecule has 0 unspecified atom stereocenters. The van der Waals surface area contributed by atoms with E-state index in [0.29, 0.717) is 36.3 Å². The Balaban J connectivity index is -0.0000000917. The molecule has 8 rings (SSSR count). The Morgan fingerprint density at radius 3 is 1.01 bits per heavy atom. The van der Waals surface area contributed by atoms with Gasteiger partial charge >= 0.3 is 0 Å². The van der Waals surface area contributed by atoms with E-state index < -0.39 is 0 Å². The summed E-state index contributed by atoms with van der Waals surface area (Å²) < 4.78 is 9.73. The Morgan fingerprint density at radius 2 is 0.753 bits per heavy atom. The molecule has 0 radical (unpaired) electrons. The number of fused-ring (bicyclic) bond motifs is 2. The van der Waals surface area contributed by atoms with E-state index in [1.165, 1.54) is 0 Å². The molecule has 424 valence electrons. The summed E-state index contributed by atoms with van der Waals surface area (Å²) in [6, 6.07) is 26.5. The summed E-state index contributed by atoms with van der Waals surface area (Å²) in [6.07, 6.45) is 14.9. The van der Waals surface area contributed by atoms with Crippen LogP contribution in [0.1, 0.15) is 240 Å². The first-order valence-corrected chi connectivity index (χ1v) is 25.3. The summed E-state index contributed by atoms with van der Waals surface area (Å²) in [4.78, 5) is 5.54. The summed E-state index contributed by atoms with van der Waals surface area (Å²) in [5.41, 5.74) is 4.00. The van der Waals surface area contributed by atoms with E-state index in [1.807, 2.05) is 182 Å². The average Bonchev–Trinajstić information content (AvgIpc) is 4.23. The zero-order chi connectivity index (χ0) is 53.0. The van der Waals surface area contributed by atoms with Crippen LogP contribution in [-0.4, -0.2) is 68.9 Å². The summed E-state index contributed by atoms with van der Waals surface area (Å²) in [5.74, 6) is 0. The molecular weight excluding hydrogens is 905 g/mol. The Morgan fingerprint density at radius 1 is 0.370 bits per heavy atom. The molecule has 14 nitrogen and oxygen atoms in total. The van der Waals surface area contributed by atoms with Gasteiger partial charge in [0.25, 0.3) is 0 Å². The number of rotatable bonds is 6. The number of para-hydroxylation sites is 1. The van der Waals surface area contributed by atoms with E-state index in [4.69, 9.17) is 0 Å². The van der Waals surface area contributed by atoms with Crippen molar-refractivity contribution in [3.8, 4) is 0 Å². The van der Waals surface area contributed by atoms with Gasteiger partial charge in [0.15, 0.2) is 0 Å². The molecule has 0 aliphatic rings. The standard InChI is InChI=1S/2C9H11N3.C7H11N.2C6H10N2.C5H9N3.6C2H6.5CH4/c1-7(2)12-9-6-4-3-5-8(9)10-11-12;1-7(2)12-10-8-5-3-4-6-9(8)11-12;1-7(2)8-5-3-4-6-8;2*1-6(2)8-5-3-4-7-8;1-5(2)8-4-6-3-7-8;6*1-2;;;;;/h2*3-7H,1-2H3;3-7H,1-2H3;2*3-6H,1-2H3;3-5H,1-2H3;6*1-2H3;5*1H4. The highest BCUT2D eigenvalue weighted by molar-refractivity contribution is 5.74. The first-order chi connectivity index (χ1) is 32.8. The van der Waals surface area contributed by atoms with E-state index in [2.05, 4.69) is 141 Å². The molecule has 0 fully saturated rings. The van der Waals surface area contributed by atoms with Crippen LogP contribution in [0, 0.1) is 0 Å². The van der Waals surface area contributed by atoms with Crippen molar-refractivity contribution in [2.45, 2.75) is 240 Å². The number of benzene rings is 2. The molecule has 0 amide bonds. The Kier molecular flexibility index (Phi) is 67.8. The van der Waals surface area contributed by atoms with Gasteiger partial charge in [0.2, 0.25) is 0 Å². The molecule has 0 saturated heterocycles. The molecule has 0 atom stereocenters. The van der Waals surface area contributed by atoms with Crippen molar-refractivity contribution in [3.63, 3.8) is 0 Å². The lowest BCUT2D eigenvalue weighted by atomic mass is 10.3. The van der Waals surface area contributed by atoms with Crippen LogP contribution in [0.25, 0.3) is 22.1 Å². The van der Waals surface area contributed by atoms with Gasteiger partial charge < -0.3 is 4.57 Å². The summed E-state index contributed by atoms with van der Waals surface area (Å²) in [6.45, 7) is 49.2. The van der Waals surface area contributed by atoms with Crippen molar-refractivity contribution in [3.05, 3.63) is 123 Å². The van der Waals surface area contributed by atoms with E-state index in [-0.39, 0.29) is 37.1 Å². The van der Waals surface area contributed by atoms with Crippen molar-refractivity contribution in [2.75, 3.05) is 0 Å². The first-order valence-electron chi connectivity index (χ1n) is 25.3.